The van der Waals surface area contributed by atoms with E-state index in [9.17, 15) is 4.79 Å². The Kier molecular flexibility index (Phi) is 6.12. The first kappa shape index (κ1) is 19.2. The molecule has 2 aromatic carbocycles. The standard InChI is InChI=1S/C21H20BrN3O2S/c22-17-12-6-5-11-16(17)19-23-24-21(27-19)28-18(15-9-3-1-4-10-15)20(26)25-13-7-2-8-14-25/h1,3-6,9-12,18H,2,7-8,13-14H2/t18-/m0/s1. The molecule has 144 valence electrons. The molecule has 0 saturated carbocycles. The molecule has 0 spiro atoms. The van der Waals surface area contributed by atoms with E-state index < -0.39 is 5.25 Å². The molecule has 0 N–H and O–H groups in total. The van der Waals surface area contributed by atoms with Gasteiger partial charge in [-0.05, 0) is 64.7 Å². The SMILES string of the molecule is O=C([C@@H](Sc1nnc(-c2ccccc2Br)o1)c1ccccc1)N1CCCCC1. The largest absolute Gasteiger partial charge is 0.411 e. The lowest BCUT2D eigenvalue weighted by atomic mass is 10.1. The smallest absolute Gasteiger partial charge is 0.277 e. The van der Waals surface area contributed by atoms with Crippen LogP contribution in [0.3, 0.4) is 0 Å². The summed E-state index contributed by atoms with van der Waals surface area (Å²) in [7, 11) is 0. The summed E-state index contributed by atoms with van der Waals surface area (Å²) < 4.78 is 6.77. The third-order valence-corrected chi connectivity index (χ3v) is 6.49. The summed E-state index contributed by atoms with van der Waals surface area (Å²) in [6.45, 7) is 1.63. The molecule has 2 heterocycles. The van der Waals surface area contributed by atoms with Gasteiger partial charge in [0, 0.05) is 17.6 Å². The van der Waals surface area contributed by atoms with Gasteiger partial charge in [-0.3, -0.25) is 4.79 Å². The van der Waals surface area contributed by atoms with Crippen molar-refractivity contribution in [2.24, 2.45) is 0 Å². The van der Waals surface area contributed by atoms with Crippen LogP contribution in [0, 0.1) is 0 Å². The Bertz CT molecular complexity index is 942. The van der Waals surface area contributed by atoms with Gasteiger partial charge in [-0.25, -0.2) is 0 Å². The number of aromatic nitrogens is 2. The van der Waals surface area contributed by atoms with E-state index in [4.69, 9.17) is 4.42 Å². The Hall–Kier alpha value is -2.12. The third-order valence-electron chi connectivity index (χ3n) is 4.72. The van der Waals surface area contributed by atoms with Crippen molar-refractivity contribution in [3.63, 3.8) is 0 Å². The average Bonchev–Trinajstić information content (AvgIpc) is 3.21. The molecule has 0 bridgehead atoms. The number of piperidine rings is 1. The predicted molar refractivity (Wildman–Crippen MR) is 113 cm³/mol. The number of rotatable bonds is 5. The number of amides is 1. The molecule has 7 heteroatoms. The number of thioether (sulfide) groups is 1. The Balaban J connectivity index is 1.59. The molecule has 1 fully saturated rings. The Labute approximate surface area is 176 Å². The first-order valence-corrected chi connectivity index (χ1v) is 11.0. The topological polar surface area (TPSA) is 59.2 Å². The van der Waals surface area contributed by atoms with Gasteiger partial charge in [0.15, 0.2) is 0 Å². The number of likely N-dealkylation sites (tertiary alicyclic amines) is 1. The van der Waals surface area contributed by atoms with Gasteiger partial charge in [-0.15, -0.1) is 10.2 Å². The van der Waals surface area contributed by atoms with Crippen molar-refractivity contribution in [3.8, 4) is 11.5 Å². The van der Waals surface area contributed by atoms with Crippen molar-refractivity contribution in [1.29, 1.82) is 0 Å². The molecule has 5 nitrogen and oxygen atoms in total. The zero-order valence-electron chi connectivity index (χ0n) is 15.3. The zero-order chi connectivity index (χ0) is 19.3. The molecular weight excluding hydrogens is 438 g/mol. The predicted octanol–water partition coefficient (Wildman–Crippen LogP) is 5.35. The Morgan fingerprint density at radius 2 is 1.71 bits per heavy atom. The normalized spacial score (nSPS) is 15.4. The third kappa shape index (κ3) is 4.31. The zero-order valence-corrected chi connectivity index (χ0v) is 17.7. The van der Waals surface area contributed by atoms with E-state index in [1.165, 1.54) is 18.2 Å². The first-order valence-electron chi connectivity index (χ1n) is 9.31. The summed E-state index contributed by atoms with van der Waals surface area (Å²) in [5.74, 6) is 0.545. The average molecular weight is 458 g/mol. The number of nitrogens with zero attached hydrogens (tertiary/aromatic N) is 3. The van der Waals surface area contributed by atoms with Crippen LogP contribution in [0.25, 0.3) is 11.5 Å². The monoisotopic (exact) mass is 457 g/mol. The second-order valence-electron chi connectivity index (χ2n) is 6.65. The minimum absolute atomic E-state index is 0.108. The van der Waals surface area contributed by atoms with E-state index in [1.807, 2.05) is 59.5 Å². The van der Waals surface area contributed by atoms with E-state index >= 15 is 0 Å². The summed E-state index contributed by atoms with van der Waals surface area (Å²) in [5, 5.41) is 8.35. The summed E-state index contributed by atoms with van der Waals surface area (Å²) >= 11 is 4.83. The Morgan fingerprint density at radius 1 is 1.00 bits per heavy atom. The summed E-state index contributed by atoms with van der Waals surface area (Å²) in [6, 6.07) is 17.5. The van der Waals surface area contributed by atoms with Gasteiger partial charge in [0.2, 0.25) is 11.8 Å². The summed E-state index contributed by atoms with van der Waals surface area (Å²) in [6.07, 6.45) is 3.31. The van der Waals surface area contributed by atoms with E-state index in [0.29, 0.717) is 11.1 Å². The van der Waals surface area contributed by atoms with Crippen LogP contribution in [0.5, 0.6) is 0 Å². The highest BCUT2D eigenvalue weighted by molar-refractivity contribution is 9.10. The number of benzene rings is 2. The highest BCUT2D eigenvalue weighted by atomic mass is 79.9. The van der Waals surface area contributed by atoms with Gasteiger partial charge in [-0.1, -0.05) is 42.5 Å². The van der Waals surface area contributed by atoms with Crippen molar-refractivity contribution < 1.29 is 9.21 Å². The number of hydrogen-bond acceptors (Lipinski definition) is 5. The second-order valence-corrected chi connectivity index (χ2v) is 8.56. The van der Waals surface area contributed by atoms with E-state index in [0.717, 1.165) is 41.5 Å². The molecule has 1 aromatic heterocycles. The van der Waals surface area contributed by atoms with E-state index in [1.54, 1.807) is 0 Å². The van der Waals surface area contributed by atoms with Crippen LogP contribution >= 0.6 is 27.7 Å². The number of hydrogen-bond donors (Lipinski definition) is 0. The van der Waals surface area contributed by atoms with Gasteiger partial charge in [-0.2, -0.15) is 0 Å². The molecule has 1 aliphatic rings. The van der Waals surface area contributed by atoms with Crippen molar-refractivity contribution >= 4 is 33.6 Å². The van der Waals surface area contributed by atoms with Crippen LogP contribution < -0.4 is 0 Å². The molecule has 0 unspecified atom stereocenters. The van der Waals surface area contributed by atoms with Gasteiger partial charge in [0.05, 0.1) is 5.56 Å². The molecule has 3 aromatic rings. The van der Waals surface area contributed by atoms with Crippen LogP contribution in [-0.2, 0) is 4.79 Å². The maximum absolute atomic E-state index is 13.2. The van der Waals surface area contributed by atoms with Crippen molar-refractivity contribution in [2.75, 3.05) is 13.1 Å². The maximum Gasteiger partial charge on any atom is 0.277 e. The quantitative estimate of drug-likeness (QED) is 0.483. The van der Waals surface area contributed by atoms with Gasteiger partial charge >= 0.3 is 0 Å². The second kappa shape index (κ2) is 8.92. The van der Waals surface area contributed by atoms with Crippen LogP contribution in [0.1, 0.15) is 30.1 Å². The molecular formula is C21H20BrN3O2S. The highest BCUT2D eigenvalue weighted by Crippen LogP contribution is 2.38. The molecule has 4 rings (SSSR count). The Morgan fingerprint density at radius 3 is 2.46 bits per heavy atom. The molecule has 28 heavy (non-hydrogen) atoms. The molecule has 0 aliphatic carbocycles. The maximum atomic E-state index is 13.2. The van der Waals surface area contributed by atoms with Gasteiger partial charge in [0.1, 0.15) is 5.25 Å². The molecule has 1 amide bonds. The first-order chi connectivity index (χ1) is 13.7. The highest BCUT2D eigenvalue weighted by Gasteiger charge is 2.30. The number of carbonyl (C=O) groups is 1. The minimum atomic E-state index is -0.396. The van der Waals surface area contributed by atoms with Crippen molar-refractivity contribution in [1.82, 2.24) is 15.1 Å². The molecule has 1 atom stereocenters. The fourth-order valence-electron chi connectivity index (χ4n) is 3.27. The fraction of sp³-hybridized carbons (Fsp3) is 0.286. The van der Waals surface area contributed by atoms with Gasteiger partial charge in [0.25, 0.3) is 5.22 Å². The van der Waals surface area contributed by atoms with E-state index in [-0.39, 0.29) is 5.91 Å². The van der Waals surface area contributed by atoms with Crippen molar-refractivity contribution in [2.45, 2.75) is 29.7 Å². The number of carbonyl (C=O) groups excluding carboxylic acids is 1. The lowest BCUT2D eigenvalue weighted by Gasteiger charge is -2.29. The van der Waals surface area contributed by atoms with Gasteiger partial charge < -0.3 is 9.32 Å². The fourth-order valence-corrected chi connectivity index (χ4v) is 4.68. The number of halogens is 1. The van der Waals surface area contributed by atoms with Crippen LogP contribution in [0.4, 0.5) is 0 Å². The lowest BCUT2D eigenvalue weighted by Crippen LogP contribution is -2.38. The van der Waals surface area contributed by atoms with Crippen LogP contribution in [0.2, 0.25) is 0 Å². The summed E-state index contributed by atoms with van der Waals surface area (Å²) in [4.78, 5) is 15.2. The molecule has 1 saturated heterocycles. The molecule has 1 aliphatic heterocycles. The molecule has 0 radical (unpaired) electrons. The lowest BCUT2D eigenvalue weighted by molar-refractivity contribution is -0.131. The minimum Gasteiger partial charge on any atom is -0.411 e. The van der Waals surface area contributed by atoms with E-state index in [2.05, 4.69) is 26.1 Å². The van der Waals surface area contributed by atoms with Crippen molar-refractivity contribution in [3.05, 3.63) is 64.6 Å². The van der Waals surface area contributed by atoms with Crippen LogP contribution in [0.15, 0.2) is 68.7 Å². The van der Waals surface area contributed by atoms with Crippen LogP contribution in [-0.4, -0.2) is 34.1 Å². The summed E-state index contributed by atoms with van der Waals surface area (Å²) in [5.41, 5.74) is 1.78.